The standard InChI is InChI=1S/C20H23FN2O4/c1-23(14-24)15-2-4-17-18-5-3-16(13-20(18)22-19(17)12-15)27-11-10-26-9-8-25-7-6-21/h2-5,12-14,22H,6-11H2,1H3. The fourth-order valence-corrected chi connectivity index (χ4v) is 2.84. The lowest BCUT2D eigenvalue weighted by atomic mass is 10.1. The molecule has 0 aliphatic rings. The number of alkyl halides is 1. The number of amides is 1. The van der Waals surface area contributed by atoms with Gasteiger partial charge in [0, 0.05) is 35.1 Å². The highest BCUT2D eigenvalue weighted by Crippen LogP contribution is 2.30. The molecule has 6 nitrogen and oxygen atoms in total. The zero-order chi connectivity index (χ0) is 19.1. The van der Waals surface area contributed by atoms with E-state index in [2.05, 4.69) is 4.98 Å². The van der Waals surface area contributed by atoms with Crippen molar-refractivity contribution < 1.29 is 23.4 Å². The number of carbonyl (C=O) groups is 1. The van der Waals surface area contributed by atoms with Gasteiger partial charge in [0.25, 0.3) is 0 Å². The number of carbonyl (C=O) groups excluding carboxylic acids is 1. The number of aromatic amines is 1. The summed E-state index contributed by atoms with van der Waals surface area (Å²) in [7, 11) is 1.72. The van der Waals surface area contributed by atoms with Crippen LogP contribution >= 0.6 is 0 Å². The Hall–Kier alpha value is -2.64. The van der Waals surface area contributed by atoms with Gasteiger partial charge in [0.2, 0.25) is 6.41 Å². The lowest BCUT2D eigenvalue weighted by molar-refractivity contribution is -0.107. The molecular weight excluding hydrogens is 351 g/mol. The summed E-state index contributed by atoms with van der Waals surface area (Å²) in [5, 5.41) is 2.19. The van der Waals surface area contributed by atoms with Gasteiger partial charge >= 0.3 is 0 Å². The van der Waals surface area contributed by atoms with Crippen LogP contribution in [-0.4, -0.2) is 58.2 Å². The van der Waals surface area contributed by atoms with Crippen molar-refractivity contribution in [3.05, 3.63) is 36.4 Å². The van der Waals surface area contributed by atoms with E-state index in [4.69, 9.17) is 14.2 Å². The van der Waals surface area contributed by atoms with Crippen LogP contribution < -0.4 is 9.64 Å². The highest BCUT2D eigenvalue weighted by atomic mass is 19.1. The van der Waals surface area contributed by atoms with Crippen LogP contribution in [0.15, 0.2) is 36.4 Å². The number of anilines is 1. The molecule has 144 valence electrons. The van der Waals surface area contributed by atoms with Crippen molar-refractivity contribution in [2.45, 2.75) is 0 Å². The maximum Gasteiger partial charge on any atom is 0.213 e. The zero-order valence-electron chi connectivity index (χ0n) is 15.2. The van der Waals surface area contributed by atoms with Gasteiger partial charge in [0.05, 0.1) is 31.9 Å². The minimum Gasteiger partial charge on any atom is -0.491 e. The van der Waals surface area contributed by atoms with Crippen molar-refractivity contribution in [1.82, 2.24) is 4.98 Å². The smallest absolute Gasteiger partial charge is 0.213 e. The van der Waals surface area contributed by atoms with E-state index >= 15 is 0 Å². The average molecular weight is 374 g/mol. The number of benzene rings is 2. The van der Waals surface area contributed by atoms with Crippen LogP contribution in [0.1, 0.15) is 0 Å². The third-order valence-corrected chi connectivity index (χ3v) is 4.21. The first-order valence-electron chi connectivity index (χ1n) is 8.81. The van der Waals surface area contributed by atoms with Gasteiger partial charge < -0.3 is 24.1 Å². The number of nitrogens with zero attached hydrogens (tertiary/aromatic N) is 1. The minimum absolute atomic E-state index is 0.108. The Labute approximate surface area is 156 Å². The number of halogens is 1. The van der Waals surface area contributed by atoms with Crippen molar-refractivity contribution in [3.63, 3.8) is 0 Å². The number of nitrogens with one attached hydrogen (secondary N) is 1. The van der Waals surface area contributed by atoms with Crippen LogP contribution in [0.4, 0.5) is 10.1 Å². The van der Waals surface area contributed by atoms with Gasteiger partial charge in [-0.25, -0.2) is 4.39 Å². The summed E-state index contributed by atoms with van der Waals surface area (Å²) in [6, 6.07) is 11.8. The number of hydrogen-bond donors (Lipinski definition) is 1. The van der Waals surface area contributed by atoms with Crippen LogP contribution in [-0.2, 0) is 14.3 Å². The summed E-state index contributed by atoms with van der Waals surface area (Å²) >= 11 is 0. The predicted octanol–water partition coefficient (Wildman–Crippen LogP) is 3.30. The summed E-state index contributed by atoms with van der Waals surface area (Å²) in [6.45, 7) is 1.29. The van der Waals surface area contributed by atoms with E-state index in [1.165, 1.54) is 4.90 Å². The summed E-state index contributed by atoms with van der Waals surface area (Å²) in [5.41, 5.74) is 2.76. The van der Waals surface area contributed by atoms with Gasteiger partial charge in [0.15, 0.2) is 0 Å². The number of ether oxygens (including phenoxy) is 3. The van der Waals surface area contributed by atoms with Crippen LogP contribution in [0.5, 0.6) is 5.75 Å². The van der Waals surface area contributed by atoms with E-state index in [0.29, 0.717) is 26.4 Å². The second-order valence-corrected chi connectivity index (χ2v) is 6.04. The van der Waals surface area contributed by atoms with Gasteiger partial charge in [0.1, 0.15) is 19.0 Å². The molecule has 3 aromatic rings. The molecule has 0 unspecified atom stereocenters. The molecule has 0 radical (unpaired) electrons. The summed E-state index contributed by atoms with van der Waals surface area (Å²) in [4.78, 5) is 15.8. The largest absolute Gasteiger partial charge is 0.491 e. The van der Waals surface area contributed by atoms with Crippen molar-refractivity contribution in [2.75, 3.05) is 51.7 Å². The molecule has 0 spiro atoms. The second-order valence-electron chi connectivity index (χ2n) is 6.04. The van der Waals surface area contributed by atoms with Crippen LogP contribution in [0.2, 0.25) is 0 Å². The summed E-state index contributed by atoms with van der Waals surface area (Å²) < 4.78 is 27.9. The first-order valence-corrected chi connectivity index (χ1v) is 8.81. The Morgan fingerprint density at radius 3 is 2.37 bits per heavy atom. The molecule has 0 saturated heterocycles. The first-order chi connectivity index (χ1) is 13.2. The molecular formula is C20H23FN2O4. The number of fused-ring (bicyclic) bond motifs is 3. The number of hydrogen-bond acceptors (Lipinski definition) is 4. The Balaban J connectivity index is 1.60. The third kappa shape index (κ3) is 4.75. The molecule has 27 heavy (non-hydrogen) atoms. The van der Waals surface area contributed by atoms with Crippen molar-refractivity contribution in [2.24, 2.45) is 0 Å². The monoisotopic (exact) mass is 374 g/mol. The molecule has 0 bridgehead atoms. The molecule has 0 atom stereocenters. The van der Waals surface area contributed by atoms with Crippen LogP contribution in [0, 0.1) is 0 Å². The lowest BCUT2D eigenvalue weighted by Crippen LogP contribution is -2.13. The van der Waals surface area contributed by atoms with Crippen LogP contribution in [0.25, 0.3) is 21.8 Å². The fourth-order valence-electron chi connectivity index (χ4n) is 2.84. The molecule has 0 aliphatic heterocycles. The first kappa shape index (κ1) is 19.1. The molecule has 1 heterocycles. The Morgan fingerprint density at radius 1 is 0.963 bits per heavy atom. The molecule has 3 rings (SSSR count). The average Bonchev–Trinajstić information content (AvgIpc) is 3.06. The Morgan fingerprint density at radius 2 is 1.63 bits per heavy atom. The van der Waals surface area contributed by atoms with Gasteiger partial charge in [-0.3, -0.25) is 4.79 Å². The summed E-state index contributed by atoms with van der Waals surface area (Å²) in [6.07, 6.45) is 0.783. The van der Waals surface area contributed by atoms with Crippen molar-refractivity contribution >= 4 is 33.9 Å². The molecule has 7 heteroatoms. The van der Waals surface area contributed by atoms with E-state index in [0.717, 1.165) is 39.7 Å². The highest BCUT2D eigenvalue weighted by molar-refractivity contribution is 6.08. The molecule has 0 aliphatic carbocycles. The molecule has 0 fully saturated rings. The van der Waals surface area contributed by atoms with E-state index in [-0.39, 0.29) is 6.61 Å². The Kier molecular flexibility index (Phi) is 6.62. The topological polar surface area (TPSA) is 63.8 Å². The van der Waals surface area contributed by atoms with Crippen molar-refractivity contribution in [1.29, 1.82) is 0 Å². The quantitative estimate of drug-likeness (QED) is 0.413. The summed E-state index contributed by atoms with van der Waals surface area (Å²) in [5.74, 6) is 0.747. The normalized spacial score (nSPS) is 11.2. The van der Waals surface area contributed by atoms with Gasteiger partial charge in [-0.2, -0.15) is 0 Å². The Bertz CT molecular complexity index is 896. The molecule has 1 N–H and O–H groups in total. The molecule has 2 aromatic carbocycles. The number of aromatic nitrogens is 1. The van der Waals surface area contributed by atoms with E-state index in [1.807, 2.05) is 36.4 Å². The van der Waals surface area contributed by atoms with E-state index in [9.17, 15) is 9.18 Å². The number of rotatable bonds is 11. The van der Waals surface area contributed by atoms with Gasteiger partial charge in [-0.05, 0) is 24.3 Å². The van der Waals surface area contributed by atoms with Crippen LogP contribution in [0.3, 0.4) is 0 Å². The maximum absolute atomic E-state index is 11.9. The molecule has 0 saturated carbocycles. The second kappa shape index (κ2) is 9.34. The van der Waals surface area contributed by atoms with Crippen molar-refractivity contribution in [3.8, 4) is 5.75 Å². The molecule has 1 aromatic heterocycles. The molecule has 1 amide bonds. The highest BCUT2D eigenvalue weighted by Gasteiger charge is 2.08. The third-order valence-electron chi connectivity index (χ3n) is 4.21. The maximum atomic E-state index is 11.9. The zero-order valence-corrected chi connectivity index (χ0v) is 15.2. The SMILES string of the molecule is CN(C=O)c1ccc2c(c1)[nH]c1cc(OCCOCCOCCF)ccc12. The number of H-pyrrole nitrogens is 1. The predicted molar refractivity (Wildman–Crippen MR) is 103 cm³/mol. The fraction of sp³-hybridized carbons (Fsp3) is 0.350. The minimum atomic E-state index is -0.478. The van der Waals surface area contributed by atoms with Gasteiger partial charge in [-0.15, -0.1) is 0 Å². The van der Waals surface area contributed by atoms with E-state index < -0.39 is 6.67 Å². The lowest BCUT2D eigenvalue weighted by Gasteiger charge is -2.09. The van der Waals surface area contributed by atoms with E-state index in [1.54, 1.807) is 7.05 Å². The van der Waals surface area contributed by atoms with Gasteiger partial charge in [-0.1, -0.05) is 6.07 Å².